The Kier molecular flexibility index (Phi) is 3.11. The van der Waals surface area contributed by atoms with Gasteiger partial charge in [0.25, 0.3) is 0 Å². The first-order valence-corrected chi connectivity index (χ1v) is 5.53. The van der Waals surface area contributed by atoms with Gasteiger partial charge in [-0.3, -0.25) is 0 Å². The molecule has 1 aromatic rings. The van der Waals surface area contributed by atoms with Gasteiger partial charge in [-0.15, -0.1) is 0 Å². The third-order valence-corrected chi connectivity index (χ3v) is 2.97. The van der Waals surface area contributed by atoms with Crippen molar-refractivity contribution < 1.29 is 17.7 Å². The highest BCUT2D eigenvalue weighted by Crippen LogP contribution is 2.30. The Morgan fingerprint density at radius 1 is 1.29 bits per heavy atom. The maximum Gasteiger partial charge on any atom is 0.396 e. The molecule has 2 rings (SSSR count). The van der Waals surface area contributed by atoms with Crippen LogP contribution >= 0.6 is 0 Å². The second kappa shape index (κ2) is 4.29. The second-order valence-electron chi connectivity index (χ2n) is 4.64. The molecule has 1 heterocycles. The predicted octanol–water partition coefficient (Wildman–Crippen LogP) is 1.99. The number of hydrogen-bond acceptors (Lipinski definition) is 4. The summed E-state index contributed by atoms with van der Waals surface area (Å²) in [5.74, 6) is -0.122. The molecule has 1 fully saturated rings. The fourth-order valence-corrected chi connectivity index (χ4v) is 2.17. The fraction of sp³-hybridized carbons (Fsp3) is 0.800. The average Bonchev–Trinajstić information content (AvgIpc) is 2.74. The van der Waals surface area contributed by atoms with E-state index in [2.05, 4.69) is 10.1 Å². The summed E-state index contributed by atoms with van der Waals surface area (Å²) in [5, 5.41) is 3.31. The molecule has 7 heteroatoms. The van der Waals surface area contributed by atoms with Crippen molar-refractivity contribution in [2.75, 3.05) is 0 Å². The van der Waals surface area contributed by atoms with Crippen molar-refractivity contribution in [3.05, 3.63) is 11.7 Å². The molecule has 0 radical (unpaired) electrons. The average molecular weight is 249 g/mol. The lowest BCUT2D eigenvalue weighted by molar-refractivity contribution is -0.128. The number of nitrogens with zero attached hydrogens (tertiary/aromatic N) is 2. The van der Waals surface area contributed by atoms with E-state index >= 15 is 0 Å². The van der Waals surface area contributed by atoms with Crippen LogP contribution in [0.2, 0.25) is 0 Å². The van der Waals surface area contributed by atoms with E-state index in [9.17, 15) is 13.2 Å². The number of aromatic nitrogens is 2. The van der Waals surface area contributed by atoms with Crippen LogP contribution in [0.15, 0.2) is 4.52 Å². The molecule has 0 amide bonds. The number of rotatable bonds is 3. The van der Waals surface area contributed by atoms with Crippen molar-refractivity contribution in [1.29, 1.82) is 0 Å². The van der Waals surface area contributed by atoms with E-state index in [1.807, 2.05) is 0 Å². The minimum absolute atomic E-state index is 0.202. The monoisotopic (exact) mass is 249 g/mol. The van der Waals surface area contributed by atoms with Gasteiger partial charge in [0.05, 0.1) is 0 Å². The standard InChI is InChI=1S/C10H14F3N3O/c11-10(12,13)5-7-15-8(17-16-7)6-9(14)3-1-2-4-9/h1-6,14H2. The summed E-state index contributed by atoms with van der Waals surface area (Å²) >= 11 is 0. The van der Waals surface area contributed by atoms with Crippen molar-refractivity contribution in [2.45, 2.75) is 50.2 Å². The normalized spacial score (nSPS) is 19.8. The Bertz CT molecular complexity index is 382. The van der Waals surface area contributed by atoms with Crippen molar-refractivity contribution in [1.82, 2.24) is 10.1 Å². The number of nitrogens with two attached hydrogens (primary N) is 1. The highest BCUT2D eigenvalue weighted by Gasteiger charge is 2.33. The van der Waals surface area contributed by atoms with Gasteiger partial charge in [0.1, 0.15) is 6.42 Å². The van der Waals surface area contributed by atoms with Gasteiger partial charge in [0.2, 0.25) is 5.89 Å². The Hall–Kier alpha value is -1.11. The molecule has 1 saturated carbocycles. The quantitative estimate of drug-likeness (QED) is 0.889. The van der Waals surface area contributed by atoms with Crippen LogP contribution in [0.25, 0.3) is 0 Å². The van der Waals surface area contributed by atoms with Gasteiger partial charge >= 0.3 is 6.18 Å². The van der Waals surface area contributed by atoms with E-state index in [1.165, 1.54) is 0 Å². The Balaban J connectivity index is 1.98. The molecule has 1 aliphatic carbocycles. The lowest BCUT2D eigenvalue weighted by atomic mass is 9.95. The van der Waals surface area contributed by atoms with E-state index in [-0.39, 0.29) is 17.3 Å². The lowest BCUT2D eigenvalue weighted by Crippen LogP contribution is -2.38. The maximum absolute atomic E-state index is 12.1. The maximum atomic E-state index is 12.1. The van der Waals surface area contributed by atoms with Gasteiger partial charge in [0, 0.05) is 12.0 Å². The van der Waals surface area contributed by atoms with Crippen LogP contribution in [0.1, 0.15) is 37.4 Å². The van der Waals surface area contributed by atoms with Crippen LogP contribution in [0, 0.1) is 0 Å². The molecular formula is C10H14F3N3O. The Labute approximate surface area is 96.4 Å². The molecule has 2 N–H and O–H groups in total. The zero-order chi connectivity index (χ0) is 12.5. The van der Waals surface area contributed by atoms with Crippen LogP contribution < -0.4 is 5.73 Å². The molecular weight excluding hydrogens is 235 g/mol. The molecule has 0 bridgehead atoms. The summed E-state index contributed by atoms with van der Waals surface area (Å²) in [6, 6.07) is 0. The van der Waals surface area contributed by atoms with Gasteiger partial charge in [-0.25, -0.2) is 0 Å². The van der Waals surface area contributed by atoms with Gasteiger partial charge in [-0.05, 0) is 12.8 Å². The fourth-order valence-electron chi connectivity index (χ4n) is 2.17. The molecule has 0 unspecified atom stereocenters. The zero-order valence-corrected chi connectivity index (χ0v) is 9.26. The highest BCUT2D eigenvalue weighted by atomic mass is 19.4. The van der Waals surface area contributed by atoms with Crippen molar-refractivity contribution >= 4 is 0 Å². The summed E-state index contributed by atoms with van der Waals surface area (Å²) in [6.45, 7) is 0. The van der Waals surface area contributed by atoms with E-state index in [0.717, 1.165) is 25.7 Å². The van der Waals surface area contributed by atoms with E-state index in [4.69, 9.17) is 10.3 Å². The number of halogens is 3. The molecule has 96 valence electrons. The van der Waals surface area contributed by atoms with Crippen LogP contribution in [-0.2, 0) is 12.8 Å². The van der Waals surface area contributed by atoms with Crippen molar-refractivity contribution in [3.8, 4) is 0 Å². The smallest absolute Gasteiger partial charge is 0.339 e. The van der Waals surface area contributed by atoms with E-state index < -0.39 is 12.6 Å². The first-order chi connectivity index (χ1) is 7.86. The summed E-state index contributed by atoms with van der Waals surface area (Å²) in [6.07, 6.45) is -1.32. The predicted molar refractivity (Wildman–Crippen MR) is 53.1 cm³/mol. The molecule has 0 saturated heterocycles. The Morgan fingerprint density at radius 3 is 2.53 bits per heavy atom. The Morgan fingerprint density at radius 2 is 1.94 bits per heavy atom. The molecule has 0 aliphatic heterocycles. The largest absolute Gasteiger partial charge is 0.396 e. The van der Waals surface area contributed by atoms with Crippen molar-refractivity contribution in [3.63, 3.8) is 0 Å². The zero-order valence-electron chi connectivity index (χ0n) is 9.26. The third kappa shape index (κ3) is 3.42. The van der Waals surface area contributed by atoms with Gasteiger partial charge in [-0.2, -0.15) is 18.2 Å². The van der Waals surface area contributed by atoms with Crippen LogP contribution in [0.3, 0.4) is 0 Å². The third-order valence-electron chi connectivity index (χ3n) is 2.97. The molecule has 4 nitrogen and oxygen atoms in total. The second-order valence-corrected chi connectivity index (χ2v) is 4.64. The minimum Gasteiger partial charge on any atom is -0.339 e. The molecule has 1 aromatic heterocycles. The molecule has 0 atom stereocenters. The van der Waals surface area contributed by atoms with Crippen LogP contribution in [0.4, 0.5) is 13.2 Å². The number of alkyl halides is 3. The summed E-state index contributed by atoms with van der Waals surface area (Å²) in [7, 11) is 0. The first-order valence-electron chi connectivity index (χ1n) is 5.53. The van der Waals surface area contributed by atoms with E-state index in [1.54, 1.807) is 0 Å². The molecule has 1 aliphatic rings. The topological polar surface area (TPSA) is 64.9 Å². The summed E-state index contributed by atoms with van der Waals surface area (Å²) < 4.78 is 41.0. The van der Waals surface area contributed by atoms with Gasteiger partial charge in [0.15, 0.2) is 5.82 Å². The van der Waals surface area contributed by atoms with Crippen molar-refractivity contribution in [2.24, 2.45) is 5.73 Å². The molecule has 17 heavy (non-hydrogen) atoms. The lowest BCUT2D eigenvalue weighted by Gasteiger charge is -2.20. The van der Waals surface area contributed by atoms with Gasteiger partial charge < -0.3 is 10.3 Å². The number of hydrogen-bond donors (Lipinski definition) is 1. The van der Waals surface area contributed by atoms with Crippen LogP contribution in [-0.4, -0.2) is 21.9 Å². The summed E-state index contributed by atoms with van der Waals surface area (Å²) in [5.41, 5.74) is 5.69. The highest BCUT2D eigenvalue weighted by molar-refractivity contribution is 4.99. The van der Waals surface area contributed by atoms with Gasteiger partial charge in [-0.1, -0.05) is 18.0 Å². The molecule has 0 spiro atoms. The van der Waals surface area contributed by atoms with Crippen LogP contribution in [0.5, 0.6) is 0 Å². The summed E-state index contributed by atoms with van der Waals surface area (Å²) in [4.78, 5) is 3.73. The molecule has 0 aromatic carbocycles. The first kappa shape index (κ1) is 12.3. The minimum atomic E-state index is -4.31. The van der Waals surface area contributed by atoms with E-state index in [0.29, 0.717) is 6.42 Å². The SMILES string of the molecule is NC1(Cc2nc(CC(F)(F)F)no2)CCCC1.